The fourth-order valence-corrected chi connectivity index (χ4v) is 2.75. The molecule has 0 aliphatic carbocycles. The molecule has 5 heteroatoms. The summed E-state index contributed by atoms with van der Waals surface area (Å²) in [4.78, 5) is 12.6. The summed E-state index contributed by atoms with van der Waals surface area (Å²) in [6.07, 6.45) is 0.114. The van der Waals surface area contributed by atoms with E-state index >= 15 is 0 Å². The van der Waals surface area contributed by atoms with Crippen LogP contribution in [0.25, 0.3) is 0 Å². The third-order valence-electron chi connectivity index (χ3n) is 4.48. The van der Waals surface area contributed by atoms with E-state index in [9.17, 15) is 4.79 Å². The molecule has 2 aromatic rings. The number of rotatable bonds is 9. The van der Waals surface area contributed by atoms with Gasteiger partial charge in [-0.15, -0.1) is 0 Å². The van der Waals surface area contributed by atoms with Crippen LogP contribution in [0.2, 0.25) is 0 Å². The summed E-state index contributed by atoms with van der Waals surface area (Å²) in [5.41, 5.74) is 3.27. The number of benzene rings is 2. The number of carbonyl (C=O) groups excluding carboxylic acids is 1. The Morgan fingerprint density at radius 1 is 1.00 bits per heavy atom. The number of hydrogen-bond donors (Lipinski definition) is 1. The molecule has 152 valence electrons. The monoisotopic (exact) mass is 385 g/mol. The van der Waals surface area contributed by atoms with E-state index in [1.807, 2.05) is 64.1 Å². The Hall–Kier alpha value is -2.69. The molecule has 0 heterocycles. The second kappa shape index (κ2) is 10.0. The molecule has 2 aromatic carbocycles. The lowest BCUT2D eigenvalue weighted by atomic mass is 10.1. The van der Waals surface area contributed by atoms with Gasteiger partial charge in [0.25, 0.3) is 5.91 Å². The number of carbonyl (C=O) groups is 1. The molecule has 1 unspecified atom stereocenters. The van der Waals surface area contributed by atoms with Crippen LogP contribution < -0.4 is 19.5 Å². The zero-order chi connectivity index (χ0) is 20.7. The summed E-state index contributed by atoms with van der Waals surface area (Å²) in [6, 6.07) is 11.5. The van der Waals surface area contributed by atoms with E-state index < -0.39 is 6.10 Å². The molecular weight excluding hydrogens is 354 g/mol. The summed E-state index contributed by atoms with van der Waals surface area (Å²) in [7, 11) is 1.61. The number of ether oxygens (including phenoxy) is 3. The molecule has 2 rings (SSSR count). The lowest BCUT2D eigenvalue weighted by molar-refractivity contribution is -0.128. The van der Waals surface area contributed by atoms with Gasteiger partial charge in [-0.25, -0.2) is 0 Å². The van der Waals surface area contributed by atoms with Crippen LogP contribution in [0.4, 0.5) is 0 Å². The smallest absolute Gasteiger partial charge is 0.261 e. The maximum Gasteiger partial charge on any atom is 0.261 e. The summed E-state index contributed by atoms with van der Waals surface area (Å²) in [5.74, 6) is 1.92. The highest BCUT2D eigenvalue weighted by Gasteiger charge is 2.18. The number of nitrogens with one attached hydrogen (secondary N) is 1. The van der Waals surface area contributed by atoms with Gasteiger partial charge < -0.3 is 19.5 Å². The van der Waals surface area contributed by atoms with Gasteiger partial charge in [0, 0.05) is 6.54 Å². The van der Waals surface area contributed by atoms with Crippen molar-refractivity contribution in [1.82, 2.24) is 5.32 Å². The lowest BCUT2D eigenvalue weighted by Crippen LogP contribution is -2.37. The van der Waals surface area contributed by atoms with Crippen LogP contribution in [0.15, 0.2) is 36.4 Å². The molecule has 0 saturated heterocycles. The van der Waals surface area contributed by atoms with E-state index in [4.69, 9.17) is 14.2 Å². The molecule has 0 bridgehead atoms. The molecule has 0 aliphatic rings. The van der Waals surface area contributed by atoms with Crippen LogP contribution >= 0.6 is 0 Å². The van der Waals surface area contributed by atoms with Gasteiger partial charge in [-0.2, -0.15) is 0 Å². The summed E-state index contributed by atoms with van der Waals surface area (Å²) < 4.78 is 17.0. The van der Waals surface area contributed by atoms with Gasteiger partial charge in [0.15, 0.2) is 17.6 Å². The van der Waals surface area contributed by atoms with Crippen LogP contribution in [-0.4, -0.2) is 25.2 Å². The van der Waals surface area contributed by atoms with E-state index in [0.29, 0.717) is 30.2 Å². The minimum absolute atomic E-state index is 0.0623. The fourth-order valence-electron chi connectivity index (χ4n) is 2.75. The van der Waals surface area contributed by atoms with Crippen molar-refractivity contribution in [2.75, 3.05) is 7.11 Å². The molecule has 1 N–H and O–H groups in total. The minimum Gasteiger partial charge on any atom is -0.493 e. The van der Waals surface area contributed by atoms with Gasteiger partial charge in [-0.1, -0.05) is 19.1 Å². The summed E-state index contributed by atoms with van der Waals surface area (Å²) >= 11 is 0. The van der Waals surface area contributed by atoms with Crippen molar-refractivity contribution in [2.45, 2.75) is 59.8 Å². The first-order valence-corrected chi connectivity index (χ1v) is 9.69. The summed E-state index contributed by atoms with van der Waals surface area (Å²) in [5, 5.41) is 2.95. The average molecular weight is 386 g/mol. The van der Waals surface area contributed by atoms with Gasteiger partial charge in [-0.05, 0) is 75.1 Å². The largest absolute Gasteiger partial charge is 0.493 e. The Bertz CT molecular complexity index is 801. The van der Waals surface area contributed by atoms with Gasteiger partial charge in [0.1, 0.15) is 5.75 Å². The number of methoxy groups -OCH3 is 1. The van der Waals surface area contributed by atoms with Gasteiger partial charge in [0.05, 0.1) is 13.2 Å². The van der Waals surface area contributed by atoms with Crippen LogP contribution in [0, 0.1) is 13.8 Å². The highest BCUT2D eigenvalue weighted by Crippen LogP contribution is 2.29. The van der Waals surface area contributed by atoms with E-state index in [0.717, 1.165) is 11.1 Å². The third-order valence-corrected chi connectivity index (χ3v) is 4.48. The maximum atomic E-state index is 12.6. The second-order valence-corrected chi connectivity index (χ2v) is 7.13. The minimum atomic E-state index is -0.535. The van der Waals surface area contributed by atoms with Crippen molar-refractivity contribution < 1.29 is 19.0 Å². The highest BCUT2D eigenvalue weighted by molar-refractivity contribution is 5.81. The predicted octanol–water partition coefficient (Wildman–Crippen LogP) is 4.57. The molecule has 0 fully saturated rings. The van der Waals surface area contributed by atoms with Crippen molar-refractivity contribution in [3.8, 4) is 17.2 Å². The number of aryl methyl sites for hydroxylation is 2. The molecule has 5 nitrogen and oxygen atoms in total. The van der Waals surface area contributed by atoms with Crippen LogP contribution in [0.3, 0.4) is 0 Å². The van der Waals surface area contributed by atoms with Crippen LogP contribution in [0.1, 0.15) is 43.9 Å². The van der Waals surface area contributed by atoms with Crippen LogP contribution in [-0.2, 0) is 11.3 Å². The van der Waals surface area contributed by atoms with Gasteiger partial charge in [-0.3, -0.25) is 4.79 Å². The average Bonchev–Trinajstić information content (AvgIpc) is 2.67. The Labute approximate surface area is 168 Å². The van der Waals surface area contributed by atoms with Crippen molar-refractivity contribution in [1.29, 1.82) is 0 Å². The third kappa shape index (κ3) is 5.91. The standard InChI is InChI=1S/C23H31NO4/c1-7-20(28-19-10-8-16(4)17(5)12-19)23(25)24-14-18-9-11-21(27-15(2)3)22(13-18)26-6/h8-13,15,20H,7,14H2,1-6H3,(H,24,25). The topological polar surface area (TPSA) is 56.8 Å². The Balaban J connectivity index is 2.00. The molecular formula is C23H31NO4. The molecule has 1 atom stereocenters. The zero-order valence-corrected chi connectivity index (χ0v) is 17.7. The molecule has 0 spiro atoms. The second-order valence-electron chi connectivity index (χ2n) is 7.13. The van der Waals surface area contributed by atoms with Crippen LogP contribution in [0.5, 0.6) is 17.2 Å². The highest BCUT2D eigenvalue weighted by atomic mass is 16.5. The molecule has 0 aliphatic heterocycles. The lowest BCUT2D eigenvalue weighted by Gasteiger charge is -2.18. The zero-order valence-electron chi connectivity index (χ0n) is 17.7. The predicted molar refractivity (Wildman–Crippen MR) is 111 cm³/mol. The first kappa shape index (κ1) is 21.6. The molecule has 0 radical (unpaired) electrons. The van der Waals surface area contributed by atoms with Crippen molar-refractivity contribution >= 4 is 5.91 Å². The number of hydrogen-bond acceptors (Lipinski definition) is 4. The van der Waals surface area contributed by atoms with Crippen molar-refractivity contribution in [3.05, 3.63) is 53.1 Å². The Morgan fingerprint density at radius 3 is 2.36 bits per heavy atom. The number of amides is 1. The van der Waals surface area contributed by atoms with E-state index in [-0.39, 0.29) is 12.0 Å². The normalized spacial score (nSPS) is 11.8. The van der Waals surface area contributed by atoms with E-state index in [2.05, 4.69) is 12.2 Å². The summed E-state index contributed by atoms with van der Waals surface area (Å²) in [6.45, 7) is 10.3. The molecule has 1 amide bonds. The first-order valence-electron chi connectivity index (χ1n) is 9.69. The van der Waals surface area contributed by atoms with Crippen molar-refractivity contribution in [3.63, 3.8) is 0 Å². The van der Waals surface area contributed by atoms with E-state index in [1.54, 1.807) is 7.11 Å². The van der Waals surface area contributed by atoms with E-state index in [1.165, 1.54) is 5.56 Å². The molecule has 0 aromatic heterocycles. The Morgan fingerprint density at radius 2 is 1.75 bits per heavy atom. The fraction of sp³-hybridized carbons (Fsp3) is 0.435. The van der Waals surface area contributed by atoms with Gasteiger partial charge in [0.2, 0.25) is 0 Å². The quantitative estimate of drug-likeness (QED) is 0.687. The first-order chi connectivity index (χ1) is 13.3. The Kier molecular flexibility index (Phi) is 7.73. The van der Waals surface area contributed by atoms with Gasteiger partial charge >= 0.3 is 0 Å². The molecule has 28 heavy (non-hydrogen) atoms. The SMILES string of the molecule is CCC(Oc1ccc(C)c(C)c1)C(=O)NCc1ccc(OC(C)C)c(OC)c1. The van der Waals surface area contributed by atoms with Crippen molar-refractivity contribution in [2.24, 2.45) is 0 Å². The maximum absolute atomic E-state index is 12.6. The molecule has 0 saturated carbocycles.